The number of carbonyl (C=O) groups excluding carboxylic acids is 1. The number of benzene rings is 2. The normalized spacial score (nSPS) is 12.5. The van der Waals surface area contributed by atoms with Crippen molar-refractivity contribution in [1.82, 2.24) is 10.2 Å². The molecule has 7 nitrogen and oxygen atoms in total. The molecule has 0 spiro atoms. The van der Waals surface area contributed by atoms with E-state index in [2.05, 4.69) is 15.5 Å². The summed E-state index contributed by atoms with van der Waals surface area (Å²) < 4.78 is 15.8. The SMILES string of the molecule is Cc1ccc(-c2nnco2)cc1NC(=O)C=Cc1ccc2c(c1)OCO2. The number of nitrogens with zero attached hydrogens (tertiary/aromatic N) is 2. The van der Waals surface area contributed by atoms with Gasteiger partial charge < -0.3 is 19.2 Å². The summed E-state index contributed by atoms with van der Waals surface area (Å²) in [6.45, 7) is 2.13. The maximum atomic E-state index is 12.3. The van der Waals surface area contributed by atoms with E-state index in [9.17, 15) is 4.79 Å². The molecule has 1 aliphatic rings. The number of nitrogens with one attached hydrogen (secondary N) is 1. The highest BCUT2D eigenvalue weighted by Gasteiger charge is 2.12. The third-order valence-corrected chi connectivity index (χ3v) is 3.93. The van der Waals surface area contributed by atoms with E-state index in [1.807, 2.05) is 37.3 Å². The molecular weight excluding hydrogens is 334 g/mol. The maximum absolute atomic E-state index is 12.3. The fourth-order valence-corrected chi connectivity index (χ4v) is 2.55. The van der Waals surface area contributed by atoms with Crippen LogP contribution in [-0.4, -0.2) is 22.9 Å². The van der Waals surface area contributed by atoms with E-state index >= 15 is 0 Å². The van der Waals surface area contributed by atoms with Crippen LogP contribution in [0.5, 0.6) is 11.5 Å². The predicted molar refractivity (Wildman–Crippen MR) is 94.7 cm³/mol. The smallest absolute Gasteiger partial charge is 0.248 e. The Morgan fingerprint density at radius 3 is 2.88 bits per heavy atom. The molecule has 1 amide bonds. The van der Waals surface area contributed by atoms with Crippen LogP contribution < -0.4 is 14.8 Å². The average molecular weight is 349 g/mol. The third-order valence-electron chi connectivity index (χ3n) is 3.93. The molecular formula is C19H15N3O4. The van der Waals surface area contributed by atoms with Crippen LogP contribution in [0.3, 0.4) is 0 Å². The molecule has 0 saturated carbocycles. The predicted octanol–water partition coefficient (Wildman–Crippen LogP) is 3.43. The van der Waals surface area contributed by atoms with Gasteiger partial charge in [0.25, 0.3) is 0 Å². The number of hydrogen-bond donors (Lipinski definition) is 1. The van der Waals surface area contributed by atoms with Crippen LogP contribution in [-0.2, 0) is 4.79 Å². The van der Waals surface area contributed by atoms with E-state index in [4.69, 9.17) is 13.9 Å². The average Bonchev–Trinajstić information content (AvgIpc) is 3.33. The van der Waals surface area contributed by atoms with Gasteiger partial charge in [0.2, 0.25) is 25.0 Å². The number of amides is 1. The molecule has 7 heteroatoms. The second-order valence-electron chi connectivity index (χ2n) is 5.71. The number of hydrogen-bond acceptors (Lipinski definition) is 6. The number of anilines is 1. The summed E-state index contributed by atoms with van der Waals surface area (Å²) >= 11 is 0. The van der Waals surface area contributed by atoms with Gasteiger partial charge in [0.1, 0.15) is 0 Å². The Bertz CT molecular complexity index is 980. The largest absolute Gasteiger partial charge is 0.454 e. The first kappa shape index (κ1) is 15.9. The standard InChI is InChI=1S/C19H15N3O4/c1-12-2-5-14(19-22-20-10-24-19)9-15(12)21-18(23)7-4-13-3-6-16-17(8-13)26-11-25-16/h2-10H,11H2,1H3,(H,21,23). The van der Waals surface area contributed by atoms with Crippen LogP contribution in [0.1, 0.15) is 11.1 Å². The fourth-order valence-electron chi connectivity index (χ4n) is 2.55. The third kappa shape index (κ3) is 3.27. The van der Waals surface area contributed by atoms with Gasteiger partial charge in [-0.1, -0.05) is 12.1 Å². The molecule has 1 aliphatic heterocycles. The zero-order chi connectivity index (χ0) is 17.9. The second kappa shape index (κ2) is 6.72. The van der Waals surface area contributed by atoms with Crippen LogP contribution in [0.25, 0.3) is 17.5 Å². The fraction of sp³-hybridized carbons (Fsp3) is 0.105. The summed E-state index contributed by atoms with van der Waals surface area (Å²) in [5.41, 5.74) is 3.20. The molecule has 130 valence electrons. The van der Waals surface area contributed by atoms with Gasteiger partial charge in [0, 0.05) is 17.3 Å². The minimum atomic E-state index is -0.242. The number of rotatable bonds is 4. The summed E-state index contributed by atoms with van der Waals surface area (Å²) in [6.07, 6.45) is 4.45. The first-order chi connectivity index (χ1) is 12.7. The van der Waals surface area contributed by atoms with E-state index in [1.165, 1.54) is 12.5 Å². The Hall–Kier alpha value is -3.61. The van der Waals surface area contributed by atoms with Crippen molar-refractivity contribution in [2.75, 3.05) is 12.1 Å². The second-order valence-corrected chi connectivity index (χ2v) is 5.71. The Kier molecular flexibility index (Phi) is 4.10. The number of aryl methyl sites for hydroxylation is 1. The van der Waals surface area contributed by atoms with Crippen molar-refractivity contribution in [3.63, 3.8) is 0 Å². The van der Waals surface area contributed by atoms with Crippen LogP contribution in [0.2, 0.25) is 0 Å². The van der Waals surface area contributed by atoms with Crippen molar-refractivity contribution in [2.45, 2.75) is 6.92 Å². The Morgan fingerprint density at radius 2 is 2.04 bits per heavy atom. The summed E-state index contributed by atoms with van der Waals surface area (Å²) in [4.78, 5) is 12.3. The van der Waals surface area contributed by atoms with Crippen molar-refractivity contribution in [3.8, 4) is 23.0 Å². The van der Waals surface area contributed by atoms with E-state index < -0.39 is 0 Å². The van der Waals surface area contributed by atoms with Crippen molar-refractivity contribution in [2.24, 2.45) is 0 Å². The molecule has 0 aliphatic carbocycles. The van der Waals surface area contributed by atoms with Crippen LogP contribution >= 0.6 is 0 Å². The van der Waals surface area contributed by atoms with E-state index in [-0.39, 0.29) is 12.7 Å². The number of ether oxygens (including phenoxy) is 2. The first-order valence-corrected chi connectivity index (χ1v) is 7.95. The molecule has 1 aromatic heterocycles. The summed E-state index contributed by atoms with van der Waals surface area (Å²) in [5, 5.41) is 10.4. The first-order valence-electron chi connectivity index (χ1n) is 7.95. The van der Waals surface area contributed by atoms with Gasteiger partial charge in [-0.25, -0.2) is 0 Å². The Labute approximate surface area is 149 Å². The molecule has 1 N–H and O–H groups in total. The topological polar surface area (TPSA) is 86.5 Å². The molecule has 3 aromatic rings. The van der Waals surface area contributed by atoms with Crippen LogP contribution in [0.15, 0.2) is 53.3 Å². The van der Waals surface area contributed by atoms with Gasteiger partial charge in [-0.2, -0.15) is 0 Å². The summed E-state index contributed by atoms with van der Waals surface area (Å²) in [5.74, 6) is 1.54. The lowest BCUT2D eigenvalue weighted by molar-refractivity contribution is -0.111. The molecule has 0 bridgehead atoms. The van der Waals surface area contributed by atoms with Crippen molar-refractivity contribution < 1.29 is 18.7 Å². The number of aromatic nitrogens is 2. The Morgan fingerprint density at radius 1 is 1.15 bits per heavy atom. The molecule has 2 aromatic carbocycles. The van der Waals surface area contributed by atoms with Gasteiger partial charge in [0.15, 0.2) is 11.5 Å². The number of carbonyl (C=O) groups is 1. The van der Waals surface area contributed by atoms with Gasteiger partial charge >= 0.3 is 0 Å². The van der Waals surface area contributed by atoms with Crippen molar-refractivity contribution >= 4 is 17.7 Å². The molecule has 2 heterocycles. The van der Waals surface area contributed by atoms with E-state index in [1.54, 1.807) is 12.1 Å². The molecule has 4 rings (SSSR count). The molecule has 0 fully saturated rings. The highest BCUT2D eigenvalue weighted by Crippen LogP contribution is 2.32. The maximum Gasteiger partial charge on any atom is 0.248 e. The van der Waals surface area contributed by atoms with Gasteiger partial charge in [-0.05, 0) is 48.4 Å². The monoisotopic (exact) mass is 349 g/mol. The lowest BCUT2D eigenvalue weighted by Gasteiger charge is -2.07. The lowest BCUT2D eigenvalue weighted by atomic mass is 10.1. The van der Waals surface area contributed by atoms with Gasteiger partial charge in [-0.15, -0.1) is 10.2 Å². The Balaban J connectivity index is 1.49. The van der Waals surface area contributed by atoms with Gasteiger partial charge in [-0.3, -0.25) is 4.79 Å². The van der Waals surface area contributed by atoms with Crippen molar-refractivity contribution in [3.05, 3.63) is 60.0 Å². The zero-order valence-electron chi connectivity index (χ0n) is 13.9. The minimum Gasteiger partial charge on any atom is -0.454 e. The zero-order valence-corrected chi connectivity index (χ0v) is 13.9. The van der Waals surface area contributed by atoms with Crippen LogP contribution in [0, 0.1) is 6.92 Å². The molecule has 26 heavy (non-hydrogen) atoms. The lowest BCUT2D eigenvalue weighted by Crippen LogP contribution is -2.09. The summed E-state index contributed by atoms with van der Waals surface area (Å²) in [7, 11) is 0. The number of fused-ring (bicyclic) bond motifs is 1. The van der Waals surface area contributed by atoms with E-state index in [0.29, 0.717) is 23.1 Å². The van der Waals surface area contributed by atoms with E-state index in [0.717, 1.165) is 16.7 Å². The molecule has 0 atom stereocenters. The summed E-state index contributed by atoms with van der Waals surface area (Å²) in [6, 6.07) is 11.1. The highest BCUT2D eigenvalue weighted by atomic mass is 16.7. The van der Waals surface area contributed by atoms with Gasteiger partial charge in [0.05, 0.1) is 0 Å². The highest BCUT2D eigenvalue weighted by molar-refractivity contribution is 6.02. The molecule has 0 unspecified atom stereocenters. The molecule has 0 saturated heterocycles. The van der Waals surface area contributed by atoms with Crippen molar-refractivity contribution in [1.29, 1.82) is 0 Å². The quantitative estimate of drug-likeness (QED) is 0.726. The molecule has 0 radical (unpaired) electrons. The van der Waals surface area contributed by atoms with Crippen LogP contribution in [0.4, 0.5) is 5.69 Å². The minimum absolute atomic E-state index is 0.221.